The van der Waals surface area contributed by atoms with E-state index in [1.165, 1.54) is 61.0 Å². The zero-order chi connectivity index (χ0) is 36.6. The van der Waals surface area contributed by atoms with Gasteiger partial charge in [-0.1, -0.05) is 133 Å². The van der Waals surface area contributed by atoms with Gasteiger partial charge in [-0.25, -0.2) is 0 Å². The number of rotatable bonds is 7. The Kier molecular flexibility index (Phi) is 8.04. The molecule has 0 N–H and O–H groups in total. The lowest BCUT2D eigenvalue weighted by Gasteiger charge is -2.53. The fourth-order valence-corrected chi connectivity index (χ4v) is 10.1. The summed E-state index contributed by atoms with van der Waals surface area (Å²) in [5.74, 6) is 0. The Morgan fingerprint density at radius 1 is 0.558 bits per heavy atom. The minimum Gasteiger partial charge on any atom is -0.374 e. The lowest BCUT2D eigenvalue weighted by Crippen LogP contribution is -2.65. The average molecular weight is 678 g/mol. The molecule has 2 heterocycles. The van der Waals surface area contributed by atoms with Gasteiger partial charge in [0.1, 0.15) is 12.1 Å². The number of benzene rings is 5. The van der Waals surface area contributed by atoms with Crippen LogP contribution >= 0.6 is 0 Å². The topological polar surface area (TPSA) is 50.8 Å². The molecule has 1 atom stereocenters. The second-order valence-corrected chi connectivity index (χ2v) is 16.6. The lowest BCUT2D eigenvalue weighted by molar-refractivity contribution is 0.544. The van der Waals surface area contributed by atoms with Crippen LogP contribution in [-0.2, 0) is 29.1 Å². The highest BCUT2D eigenvalue weighted by molar-refractivity contribution is 6.90. The number of unbranched alkanes of at least 4 members (excludes halogenated alkanes) is 2. The van der Waals surface area contributed by atoms with Gasteiger partial charge in [0.2, 0.25) is 0 Å². The van der Waals surface area contributed by atoms with E-state index in [0.29, 0.717) is 11.1 Å². The smallest absolute Gasteiger partial charge is 0.328 e. The van der Waals surface area contributed by atoms with Gasteiger partial charge in [-0.15, -0.1) is 0 Å². The van der Waals surface area contributed by atoms with Crippen LogP contribution in [-0.4, -0.2) is 6.85 Å². The van der Waals surface area contributed by atoms with Gasteiger partial charge in [0.25, 0.3) is 0 Å². The molecule has 258 valence electrons. The number of aryl methyl sites for hydroxylation is 2. The van der Waals surface area contributed by atoms with Crippen molar-refractivity contribution in [3.05, 3.63) is 152 Å². The highest BCUT2D eigenvalue weighted by Crippen LogP contribution is 2.56. The molecule has 0 spiro atoms. The summed E-state index contributed by atoms with van der Waals surface area (Å²) in [6.45, 7) is 15.9. The van der Waals surface area contributed by atoms with Crippen molar-refractivity contribution in [1.29, 1.82) is 10.5 Å². The van der Waals surface area contributed by atoms with E-state index in [0.717, 1.165) is 49.9 Å². The summed E-state index contributed by atoms with van der Waals surface area (Å²) in [7, 11) is 0. The number of fused-ring (bicyclic) bond motifs is 6. The van der Waals surface area contributed by atoms with E-state index in [1.807, 2.05) is 0 Å². The molecule has 0 radical (unpaired) electrons. The second-order valence-electron chi connectivity index (χ2n) is 16.6. The first-order valence-corrected chi connectivity index (χ1v) is 19.3. The van der Waals surface area contributed by atoms with Crippen molar-refractivity contribution in [3.63, 3.8) is 0 Å². The molecule has 8 rings (SSSR count). The number of nitrogens with zero attached hydrogens (tertiary/aromatic N) is 3. The molecule has 0 amide bonds. The predicted octanol–water partition coefficient (Wildman–Crippen LogP) is 10.0. The lowest BCUT2D eigenvalue weighted by atomic mass is 9.37. The van der Waals surface area contributed by atoms with Gasteiger partial charge in [-0.2, -0.15) is 10.5 Å². The van der Waals surface area contributed by atoms with Gasteiger partial charge >= 0.3 is 6.85 Å². The summed E-state index contributed by atoms with van der Waals surface area (Å²) in [6.07, 6.45) is 6.22. The molecule has 5 aromatic rings. The Balaban J connectivity index is 1.51. The third-order valence-corrected chi connectivity index (χ3v) is 12.8. The second kappa shape index (κ2) is 12.3. The fourth-order valence-electron chi connectivity index (χ4n) is 10.1. The van der Waals surface area contributed by atoms with E-state index < -0.39 is 5.41 Å². The summed E-state index contributed by atoms with van der Waals surface area (Å²) in [6, 6.07) is 39.3. The summed E-state index contributed by atoms with van der Waals surface area (Å²) in [5, 5.41) is 22.1. The van der Waals surface area contributed by atoms with Gasteiger partial charge in [-0.05, 0) is 106 Å². The van der Waals surface area contributed by atoms with Crippen LogP contribution in [0.1, 0.15) is 135 Å². The number of hydrogen-bond donors (Lipinski definition) is 0. The minimum absolute atomic E-state index is 0.212. The van der Waals surface area contributed by atoms with Crippen molar-refractivity contribution in [2.45, 2.75) is 103 Å². The van der Waals surface area contributed by atoms with Crippen LogP contribution in [0.2, 0.25) is 0 Å². The summed E-state index contributed by atoms with van der Waals surface area (Å²) >= 11 is 0. The number of hydrogen-bond acceptors (Lipinski definition) is 3. The van der Waals surface area contributed by atoms with Crippen molar-refractivity contribution in [3.8, 4) is 12.1 Å². The molecule has 0 fully saturated rings. The highest BCUT2D eigenvalue weighted by atomic mass is 15.1. The quantitative estimate of drug-likeness (QED) is 0.161. The first kappa shape index (κ1) is 34.1. The van der Waals surface area contributed by atoms with Gasteiger partial charge in [-0.3, -0.25) is 0 Å². The van der Waals surface area contributed by atoms with E-state index in [9.17, 15) is 10.5 Å². The van der Waals surface area contributed by atoms with Crippen molar-refractivity contribution >= 4 is 29.1 Å². The highest BCUT2D eigenvalue weighted by Gasteiger charge is 2.54. The molecule has 0 bridgehead atoms. The Morgan fingerprint density at radius 3 is 1.60 bits per heavy atom. The van der Waals surface area contributed by atoms with Crippen LogP contribution in [0, 0.1) is 22.7 Å². The third kappa shape index (κ3) is 4.63. The van der Waals surface area contributed by atoms with E-state index in [4.69, 9.17) is 0 Å². The first-order chi connectivity index (χ1) is 25.0. The maximum Gasteiger partial charge on any atom is 0.328 e. The van der Waals surface area contributed by atoms with Gasteiger partial charge in [0.15, 0.2) is 0 Å². The Morgan fingerprint density at radius 2 is 1.04 bits per heavy atom. The van der Waals surface area contributed by atoms with E-state index in [-0.39, 0.29) is 17.7 Å². The van der Waals surface area contributed by atoms with E-state index in [1.54, 1.807) is 0 Å². The molecule has 0 saturated carbocycles. The number of nitriles is 2. The SMILES string of the molecule is CCCCc1cc(C#N)c2c(c1)C(C)(C)c1cc(CCCC)cc(C#N)c1N2B1c2ccccc2C2(C)c3ccccc3C(C)(C)c3cccc1c32. The molecular weight excluding hydrogens is 629 g/mol. The summed E-state index contributed by atoms with van der Waals surface area (Å²) < 4.78 is 0. The van der Waals surface area contributed by atoms with Crippen LogP contribution in [0.5, 0.6) is 0 Å². The molecule has 0 aromatic heterocycles. The maximum absolute atomic E-state index is 11.0. The normalized spacial score (nSPS) is 18.2. The van der Waals surface area contributed by atoms with Crippen molar-refractivity contribution in [2.75, 3.05) is 4.81 Å². The predicted molar refractivity (Wildman–Crippen MR) is 216 cm³/mol. The third-order valence-electron chi connectivity index (χ3n) is 12.8. The molecule has 0 saturated heterocycles. The van der Waals surface area contributed by atoms with Crippen molar-refractivity contribution in [2.24, 2.45) is 0 Å². The molecule has 2 aliphatic heterocycles. The largest absolute Gasteiger partial charge is 0.374 e. The van der Waals surface area contributed by atoms with Crippen LogP contribution in [0.4, 0.5) is 11.4 Å². The van der Waals surface area contributed by atoms with E-state index >= 15 is 0 Å². The average Bonchev–Trinajstić information content (AvgIpc) is 3.16. The molecule has 3 nitrogen and oxygen atoms in total. The fraction of sp³-hybridized carbons (Fsp3) is 0.333. The molecule has 5 aromatic carbocycles. The van der Waals surface area contributed by atoms with Crippen molar-refractivity contribution < 1.29 is 0 Å². The zero-order valence-corrected chi connectivity index (χ0v) is 31.8. The van der Waals surface area contributed by atoms with Crippen molar-refractivity contribution in [1.82, 2.24) is 0 Å². The number of anilines is 2. The van der Waals surface area contributed by atoms with Crippen LogP contribution < -0.4 is 15.7 Å². The molecule has 3 aliphatic rings. The monoisotopic (exact) mass is 677 g/mol. The van der Waals surface area contributed by atoms with Crippen LogP contribution in [0.3, 0.4) is 0 Å². The summed E-state index contributed by atoms with van der Waals surface area (Å²) in [4.78, 5) is 2.43. The minimum atomic E-state index is -0.428. The molecule has 1 aliphatic carbocycles. The van der Waals surface area contributed by atoms with Crippen LogP contribution in [0.15, 0.2) is 91.0 Å². The van der Waals surface area contributed by atoms with Gasteiger partial charge in [0, 0.05) is 16.2 Å². The Bertz CT molecular complexity index is 2270. The van der Waals surface area contributed by atoms with Gasteiger partial charge in [0.05, 0.1) is 22.5 Å². The Labute approximate surface area is 311 Å². The van der Waals surface area contributed by atoms with Crippen LogP contribution in [0.25, 0.3) is 0 Å². The van der Waals surface area contributed by atoms with Gasteiger partial charge < -0.3 is 4.81 Å². The first-order valence-electron chi connectivity index (χ1n) is 19.3. The standard InChI is InChI=1S/C48H48BN3/c1-8-10-17-31-25-33(29-50)44-39(27-31)47(5,6)40-28-32(18-11-9-2)26-34(30-51)45(40)52(44)49-41-23-15-14-21-37(41)48(7)36-20-13-12-19-35(36)46(3,4)38-22-16-24-42(49)43(38)48/h12-16,19-28H,8-11,17-18H2,1-7H3. The maximum atomic E-state index is 11.0. The Hall–Kier alpha value is -5.06. The summed E-state index contributed by atoms with van der Waals surface area (Å²) in [5.41, 5.74) is 16.1. The molecule has 52 heavy (non-hydrogen) atoms. The zero-order valence-electron chi connectivity index (χ0n) is 31.8. The molecular formula is C48H48BN3. The molecule has 1 unspecified atom stereocenters. The van der Waals surface area contributed by atoms with E-state index in [2.05, 4.69) is 156 Å². The molecule has 4 heteroatoms.